The summed E-state index contributed by atoms with van der Waals surface area (Å²) in [4.78, 5) is 31.0. The Balaban J connectivity index is 1.69. The van der Waals surface area contributed by atoms with E-state index >= 15 is 0 Å². The highest BCUT2D eigenvalue weighted by molar-refractivity contribution is 7.99. The summed E-state index contributed by atoms with van der Waals surface area (Å²) in [5, 5.41) is 3.79. The van der Waals surface area contributed by atoms with Crippen LogP contribution in [0.2, 0.25) is 0 Å². The van der Waals surface area contributed by atoms with Gasteiger partial charge in [-0.1, -0.05) is 49.2 Å². The lowest BCUT2D eigenvalue weighted by Gasteiger charge is -2.21. The fraction of sp³-hybridized carbons (Fsp3) is 0.423. The first kappa shape index (κ1) is 26.4. The van der Waals surface area contributed by atoms with E-state index in [9.17, 15) is 18.0 Å². The lowest BCUT2D eigenvalue weighted by molar-refractivity contribution is -0.118. The molecule has 10 heteroatoms. The summed E-state index contributed by atoms with van der Waals surface area (Å²) in [5.41, 5.74) is 1.36. The molecule has 0 radical (unpaired) electrons. The molecule has 36 heavy (non-hydrogen) atoms. The van der Waals surface area contributed by atoms with Gasteiger partial charge in [-0.2, -0.15) is 0 Å². The number of carbonyl (C=O) groups excluding carboxylic acids is 1. The maximum absolute atomic E-state index is 13.6. The van der Waals surface area contributed by atoms with Gasteiger partial charge in [0.1, 0.15) is 0 Å². The van der Waals surface area contributed by atoms with Crippen LogP contribution in [0.5, 0.6) is 0 Å². The molecule has 0 unspecified atom stereocenters. The van der Waals surface area contributed by atoms with Crippen LogP contribution in [0.25, 0.3) is 16.6 Å². The van der Waals surface area contributed by atoms with E-state index in [0.717, 1.165) is 22.7 Å². The summed E-state index contributed by atoms with van der Waals surface area (Å²) in [6, 6.07) is 11.7. The number of benzene rings is 2. The van der Waals surface area contributed by atoms with Crippen molar-refractivity contribution in [1.82, 2.24) is 19.2 Å². The van der Waals surface area contributed by atoms with Crippen molar-refractivity contribution in [2.45, 2.75) is 49.1 Å². The molecule has 192 valence electrons. The number of nitrogens with zero attached hydrogens (tertiary/aromatic N) is 3. The molecular formula is C26H32N4O4S2. The average Bonchev–Trinajstić information content (AvgIpc) is 2.87. The molecule has 1 aromatic heterocycles. The molecule has 0 atom stereocenters. The summed E-state index contributed by atoms with van der Waals surface area (Å²) in [6.07, 6.45) is 5.98. The van der Waals surface area contributed by atoms with Crippen molar-refractivity contribution >= 4 is 38.6 Å². The maximum atomic E-state index is 13.6. The van der Waals surface area contributed by atoms with E-state index in [0.29, 0.717) is 34.2 Å². The van der Waals surface area contributed by atoms with E-state index in [1.54, 1.807) is 30.3 Å². The lowest BCUT2D eigenvalue weighted by atomic mass is 9.89. The van der Waals surface area contributed by atoms with Gasteiger partial charge in [-0.3, -0.25) is 14.2 Å². The smallest absolute Gasteiger partial charge is 0.266 e. The predicted octanol–water partition coefficient (Wildman–Crippen LogP) is 3.73. The summed E-state index contributed by atoms with van der Waals surface area (Å²) < 4.78 is 28.1. The number of hydrogen-bond acceptors (Lipinski definition) is 6. The summed E-state index contributed by atoms with van der Waals surface area (Å²) in [6.45, 7) is 2.48. The molecule has 0 spiro atoms. The van der Waals surface area contributed by atoms with Crippen LogP contribution >= 0.6 is 11.8 Å². The van der Waals surface area contributed by atoms with Gasteiger partial charge in [0.05, 0.1) is 27.2 Å². The van der Waals surface area contributed by atoms with Gasteiger partial charge < -0.3 is 5.32 Å². The van der Waals surface area contributed by atoms with Crippen molar-refractivity contribution < 1.29 is 13.2 Å². The zero-order valence-electron chi connectivity index (χ0n) is 20.9. The predicted molar refractivity (Wildman–Crippen MR) is 143 cm³/mol. The lowest BCUT2D eigenvalue weighted by Crippen LogP contribution is -2.32. The Kier molecular flexibility index (Phi) is 8.17. The monoisotopic (exact) mass is 528 g/mol. The molecule has 1 fully saturated rings. The van der Waals surface area contributed by atoms with Crippen LogP contribution in [0.3, 0.4) is 0 Å². The van der Waals surface area contributed by atoms with Crippen molar-refractivity contribution in [1.29, 1.82) is 0 Å². The highest BCUT2D eigenvalue weighted by atomic mass is 32.2. The third-order valence-electron chi connectivity index (χ3n) is 6.59. The Morgan fingerprint density at radius 1 is 1.14 bits per heavy atom. The normalized spacial score (nSPS) is 14.9. The number of aromatic nitrogens is 2. The zero-order valence-corrected chi connectivity index (χ0v) is 22.5. The van der Waals surface area contributed by atoms with Crippen LogP contribution < -0.4 is 10.9 Å². The van der Waals surface area contributed by atoms with Crippen LogP contribution in [0.4, 0.5) is 0 Å². The standard InChI is InChI=1S/C26H32N4O4S2/c1-18-13-14-20(36(33,34)29(2)3)15-23(18)30-25(32)21-11-7-8-12-22(21)28-26(30)35-17-24(31)27-16-19-9-5-4-6-10-19/h7-8,11-15,19H,4-6,9-10,16-17H2,1-3H3,(H,27,31). The SMILES string of the molecule is Cc1ccc(S(=O)(=O)N(C)C)cc1-n1c(SCC(=O)NCC2CCCCC2)nc2ccccc2c1=O. The van der Waals surface area contributed by atoms with E-state index in [-0.39, 0.29) is 22.1 Å². The number of rotatable bonds is 8. The van der Waals surface area contributed by atoms with Crippen molar-refractivity contribution in [2.75, 3.05) is 26.4 Å². The number of aryl methyl sites for hydroxylation is 1. The van der Waals surface area contributed by atoms with Gasteiger partial charge >= 0.3 is 0 Å². The maximum Gasteiger partial charge on any atom is 0.266 e. The second-order valence-electron chi connectivity index (χ2n) is 9.38. The van der Waals surface area contributed by atoms with Crippen molar-refractivity contribution in [3.8, 4) is 5.69 Å². The van der Waals surface area contributed by atoms with Gasteiger partial charge in [0.15, 0.2) is 5.16 Å². The average molecular weight is 529 g/mol. The topological polar surface area (TPSA) is 101 Å². The van der Waals surface area contributed by atoms with Crippen LogP contribution in [-0.2, 0) is 14.8 Å². The second-order valence-corrected chi connectivity index (χ2v) is 12.5. The number of amides is 1. The molecule has 0 bridgehead atoms. The van der Waals surface area contributed by atoms with Crippen LogP contribution in [0, 0.1) is 12.8 Å². The van der Waals surface area contributed by atoms with Crippen molar-refractivity contribution in [3.63, 3.8) is 0 Å². The highest BCUT2D eigenvalue weighted by Gasteiger charge is 2.22. The summed E-state index contributed by atoms with van der Waals surface area (Å²) in [5.74, 6) is 0.514. The van der Waals surface area contributed by atoms with Gasteiger partial charge in [-0.05, 0) is 55.5 Å². The number of sulfonamides is 1. The van der Waals surface area contributed by atoms with Gasteiger partial charge in [0, 0.05) is 20.6 Å². The fourth-order valence-corrected chi connectivity index (χ4v) is 6.21. The zero-order chi connectivity index (χ0) is 25.9. The number of para-hydroxylation sites is 1. The molecule has 1 N–H and O–H groups in total. The van der Waals surface area contributed by atoms with Gasteiger partial charge in [-0.25, -0.2) is 17.7 Å². The summed E-state index contributed by atoms with van der Waals surface area (Å²) >= 11 is 1.17. The van der Waals surface area contributed by atoms with Crippen molar-refractivity contribution in [2.24, 2.45) is 5.92 Å². The number of fused-ring (bicyclic) bond motifs is 1. The van der Waals surface area contributed by atoms with Gasteiger partial charge in [0.25, 0.3) is 5.56 Å². The van der Waals surface area contributed by atoms with E-state index in [1.807, 2.05) is 6.92 Å². The van der Waals surface area contributed by atoms with E-state index in [2.05, 4.69) is 10.3 Å². The number of carbonyl (C=O) groups is 1. The molecule has 3 aromatic rings. The second kappa shape index (κ2) is 11.1. The Labute approximate surface area is 216 Å². The number of thioether (sulfide) groups is 1. The first-order valence-corrected chi connectivity index (χ1v) is 14.6. The Bertz CT molecular complexity index is 1430. The van der Waals surface area contributed by atoms with E-state index in [4.69, 9.17) is 0 Å². The van der Waals surface area contributed by atoms with E-state index < -0.39 is 10.0 Å². The number of nitrogens with one attached hydrogen (secondary N) is 1. The summed E-state index contributed by atoms with van der Waals surface area (Å²) in [7, 11) is -0.781. The first-order valence-electron chi connectivity index (χ1n) is 12.1. The highest BCUT2D eigenvalue weighted by Crippen LogP contribution is 2.26. The largest absolute Gasteiger partial charge is 0.355 e. The van der Waals surface area contributed by atoms with Crippen LogP contribution in [0.15, 0.2) is 57.3 Å². The molecule has 1 aliphatic rings. The third-order valence-corrected chi connectivity index (χ3v) is 9.34. The minimum atomic E-state index is -3.71. The Hall–Kier alpha value is -2.69. The van der Waals surface area contributed by atoms with Gasteiger partial charge in [-0.15, -0.1) is 0 Å². The first-order chi connectivity index (χ1) is 17.2. The molecule has 2 aromatic carbocycles. The fourth-order valence-electron chi connectivity index (χ4n) is 4.45. The quantitative estimate of drug-likeness (QED) is 0.353. The molecule has 0 saturated heterocycles. The molecule has 1 heterocycles. The van der Waals surface area contributed by atoms with Crippen LogP contribution in [-0.4, -0.2) is 54.6 Å². The molecule has 4 rings (SSSR count). The molecule has 0 aliphatic heterocycles. The molecular weight excluding hydrogens is 496 g/mol. The molecule has 1 aliphatic carbocycles. The third kappa shape index (κ3) is 5.66. The van der Waals surface area contributed by atoms with E-state index in [1.165, 1.54) is 61.8 Å². The minimum Gasteiger partial charge on any atom is -0.355 e. The Morgan fingerprint density at radius 2 is 1.86 bits per heavy atom. The molecule has 1 amide bonds. The van der Waals surface area contributed by atoms with Crippen molar-refractivity contribution in [3.05, 3.63) is 58.4 Å². The van der Waals surface area contributed by atoms with Gasteiger partial charge in [0.2, 0.25) is 15.9 Å². The Morgan fingerprint density at radius 3 is 2.58 bits per heavy atom. The molecule has 1 saturated carbocycles. The molecule has 8 nitrogen and oxygen atoms in total. The minimum absolute atomic E-state index is 0.0781. The number of hydrogen-bond donors (Lipinski definition) is 1. The van der Waals surface area contributed by atoms with Crippen LogP contribution in [0.1, 0.15) is 37.7 Å².